The van der Waals surface area contributed by atoms with Gasteiger partial charge in [-0.15, -0.1) is 0 Å². The van der Waals surface area contributed by atoms with Crippen LogP contribution in [0.5, 0.6) is 5.75 Å². The molecular formula is C20H21BrClNO. The second kappa shape index (κ2) is 6.36. The Morgan fingerprint density at radius 2 is 1.96 bits per heavy atom. The Balaban J connectivity index is 1.91. The molecule has 0 amide bonds. The van der Waals surface area contributed by atoms with Gasteiger partial charge in [0.25, 0.3) is 0 Å². The first-order valence-corrected chi connectivity index (χ1v) is 9.62. The lowest BCUT2D eigenvalue weighted by Crippen LogP contribution is -2.24. The molecule has 0 spiro atoms. The number of halogens is 2. The zero-order chi connectivity index (χ0) is 16.8. The molecule has 0 bridgehead atoms. The van der Waals surface area contributed by atoms with Crippen molar-refractivity contribution in [2.45, 2.75) is 25.7 Å². The summed E-state index contributed by atoms with van der Waals surface area (Å²) in [6.07, 6.45) is 2.04. The molecule has 1 atom stereocenters. The Morgan fingerprint density at radius 1 is 1.12 bits per heavy atom. The Hall–Kier alpha value is -1.03. The van der Waals surface area contributed by atoms with Gasteiger partial charge in [0.1, 0.15) is 5.75 Å². The molecule has 0 N–H and O–H groups in total. The third-order valence-electron chi connectivity index (χ3n) is 5.21. The van der Waals surface area contributed by atoms with Crippen LogP contribution in [0.2, 0.25) is 5.02 Å². The third kappa shape index (κ3) is 2.87. The summed E-state index contributed by atoms with van der Waals surface area (Å²) in [5.74, 6) is 1.41. The topological polar surface area (TPSA) is 12.5 Å². The van der Waals surface area contributed by atoms with Crippen LogP contribution in [0, 0.1) is 6.92 Å². The van der Waals surface area contributed by atoms with Gasteiger partial charge in [-0.2, -0.15) is 0 Å². The monoisotopic (exact) mass is 405 g/mol. The van der Waals surface area contributed by atoms with Crippen molar-refractivity contribution in [3.63, 3.8) is 0 Å². The molecule has 0 unspecified atom stereocenters. The van der Waals surface area contributed by atoms with Gasteiger partial charge in [0, 0.05) is 40.5 Å². The van der Waals surface area contributed by atoms with E-state index < -0.39 is 0 Å². The van der Waals surface area contributed by atoms with E-state index in [1.165, 1.54) is 22.3 Å². The summed E-state index contributed by atoms with van der Waals surface area (Å²) in [5, 5.41) is 0.868. The van der Waals surface area contributed by atoms with Gasteiger partial charge in [-0.05, 0) is 60.8 Å². The second-order valence-corrected chi connectivity index (χ2v) is 8.27. The summed E-state index contributed by atoms with van der Waals surface area (Å²) >= 11 is 10.1. The van der Waals surface area contributed by atoms with E-state index in [9.17, 15) is 0 Å². The fourth-order valence-electron chi connectivity index (χ4n) is 3.92. The molecule has 0 saturated heterocycles. The predicted molar refractivity (Wildman–Crippen MR) is 103 cm³/mol. The van der Waals surface area contributed by atoms with E-state index in [0.717, 1.165) is 53.3 Å². The van der Waals surface area contributed by atoms with Crippen molar-refractivity contribution >= 4 is 27.5 Å². The molecule has 0 radical (unpaired) electrons. The van der Waals surface area contributed by atoms with Crippen LogP contribution in [-0.4, -0.2) is 31.6 Å². The van der Waals surface area contributed by atoms with E-state index in [4.69, 9.17) is 16.3 Å². The molecule has 126 valence electrons. The quantitative estimate of drug-likeness (QED) is 0.663. The molecule has 0 fully saturated rings. The average molecular weight is 407 g/mol. The molecule has 4 heteroatoms. The van der Waals surface area contributed by atoms with Crippen molar-refractivity contribution in [2.24, 2.45) is 0 Å². The van der Waals surface area contributed by atoms with Gasteiger partial charge >= 0.3 is 0 Å². The Kier molecular flexibility index (Phi) is 4.36. The van der Waals surface area contributed by atoms with E-state index in [1.807, 2.05) is 0 Å². The van der Waals surface area contributed by atoms with E-state index in [-0.39, 0.29) is 0 Å². The van der Waals surface area contributed by atoms with Crippen LogP contribution in [0.15, 0.2) is 28.7 Å². The van der Waals surface area contributed by atoms with Gasteiger partial charge in [0.05, 0.1) is 6.61 Å². The molecule has 4 rings (SSSR count). The number of rotatable bonds is 1. The minimum absolute atomic E-state index is 0.313. The summed E-state index contributed by atoms with van der Waals surface area (Å²) in [6.45, 7) is 4.93. The average Bonchev–Trinajstić information content (AvgIpc) is 2.95. The molecule has 2 aromatic rings. The van der Waals surface area contributed by atoms with E-state index in [0.29, 0.717) is 5.92 Å². The van der Waals surface area contributed by atoms with E-state index >= 15 is 0 Å². The van der Waals surface area contributed by atoms with Crippen LogP contribution in [0.25, 0.3) is 0 Å². The number of nitrogens with zero attached hydrogens (tertiary/aromatic N) is 1. The fraction of sp³-hybridized carbons (Fsp3) is 0.400. The van der Waals surface area contributed by atoms with Crippen molar-refractivity contribution < 1.29 is 4.74 Å². The minimum Gasteiger partial charge on any atom is -0.493 e. The second-order valence-electron chi connectivity index (χ2n) is 6.95. The van der Waals surface area contributed by atoms with Crippen LogP contribution in [0.4, 0.5) is 0 Å². The summed E-state index contributed by atoms with van der Waals surface area (Å²) in [6, 6.07) is 8.88. The fourth-order valence-corrected chi connectivity index (χ4v) is 4.63. The minimum atomic E-state index is 0.313. The summed E-state index contributed by atoms with van der Waals surface area (Å²) in [5.41, 5.74) is 6.54. The number of fused-ring (bicyclic) bond motifs is 2. The lowest BCUT2D eigenvalue weighted by Gasteiger charge is -2.24. The first kappa shape index (κ1) is 16.4. The molecule has 0 saturated carbocycles. The predicted octanol–water partition coefficient (Wildman–Crippen LogP) is 4.97. The zero-order valence-corrected chi connectivity index (χ0v) is 16.4. The molecule has 24 heavy (non-hydrogen) atoms. The van der Waals surface area contributed by atoms with Crippen molar-refractivity contribution in [1.82, 2.24) is 4.90 Å². The van der Waals surface area contributed by atoms with Crippen molar-refractivity contribution in [3.05, 3.63) is 61.6 Å². The molecule has 0 aliphatic carbocycles. The van der Waals surface area contributed by atoms with Gasteiger partial charge in [-0.3, -0.25) is 0 Å². The lowest BCUT2D eigenvalue weighted by molar-refractivity contribution is 0.327. The number of likely N-dealkylation sites (N-methyl/N-ethyl adjacent to an activating group) is 1. The molecule has 2 nitrogen and oxygen atoms in total. The highest BCUT2D eigenvalue weighted by atomic mass is 79.9. The van der Waals surface area contributed by atoms with Crippen LogP contribution in [-0.2, 0) is 12.8 Å². The Labute approximate surface area is 156 Å². The molecule has 2 aliphatic rings. The Bertz CT molecular complexity index is 805. The van der Waals surface area contributed by atoms with Gasteiger partial charge in [0.15, 0.2) is 0 Å². The molecule has 2 aromatic carbocycles. The normalized spacial score (nSPS) is 20.2. The zero-order valence-electron chi connectivity index (χ0n) is 14.0. The maximum Gasteiger partial charge on any atom is 0.126 e. The van der Waals surface area contributed by atoms with Gasteiger partial charge < -0.3 is 9.64 Å². The van der Waals surface area contributed by atoms with Gasteiger partial charge in [-0.25, -0.2) is 0 Å². The molecule has 2 heterocycles. The number of ether oxygens (including phenoxy) is 1. The van der Waals surface area contributed by atoms with Gasteiger partial charge in [-0.1, -0.05) is 33.6 Å². The summed E-state index contributed by atoms with van der Waals surface area (Å²) < 4.78 is 7.16. The number of aryl methyl sites for hydroxylation is 1. The lowest BCUT2D eigenvalue weighted by atomic mass is 9.86. The van der Waals surface area contributed by atoms with E-state index in [2.05, 4.69) is 59.1 Å². The molecular weight excluding hydrogens is 386 g/mol. The smallest absolute Gasteiger partial charge is 0.126 e. The van der Waals surface area contributed by atoms with Crippen molar-refractivity contribution in [3.8, 4) is 5.75 Å². The van der Waals surface area contributed by atoms with Crippen LogP contribution >= 0.6 is 27.5 Å². The molecule has 2 aliphatic heterocycles. The number of hydrogen-bond acceptors (Lipinski definition) is 2. The number of hydrogen-bond donors (Lipinski definition) is 0. The van der Waals surface area contributed by atoms with Crippen LogP contribution < -0.4 is 4.74 Å². The van der Waals surface area contributed by atoms with Crippen LogP contribution in [0.3, 0.4) is 0 Å². The van der Waals surface area contributed by atoms with Crippen LogP contribution in [0.1, 0.15) is 33.7 Å². The summed E-state index contributed by atoms with van der Waals surface area (Å²) in [7, 11) is 2.20. The third-order valence-corrected chi connectivity index (χ3v) is 6.07. The first-order valence-electron chi connectivity index (χ1n) is 8.45. The number of benzene rings is 2. The maximum absolute atomic E-state index is 6.40. The highest BCUT2D eigenvalue weighted by Crippen LogP contribution is 2.42. The van der Waals surface area contributed by atoms with E-state index in [1.54, 1.807) is 0 Å². The standard InChI is InChI=1S/C20H21BrClNO/c1-12-7-16-13(9-19(12)22)3-5-23(2)11-18(16)17-10-15(21)8-14-4-6-24-20(14)17/h7-10,18H,3-6,11H2,1-2H3/t18-/m0/s1. The molecule has 0 aromatic heterocycles. The van der Waals surface area contributed by atoms with Gasteiger partial charge in [0.2, 0.25) is 0 Å². The highest BCUT2D eigenvalue weighted by Gasteiger charge is 2.29. The maximum atomic E-state index is 6.40. The Morgan fingerprint density at radius 3 is 2.79 bits per heavy atom. The van der Waals surface area contributed by atoms with Crippen molar-refractivity contribution in [2.75, 3.05) is 26.7 Å². The highest BCUT2D eigenvalue weighted by molar-refractivity contribution is 9.10. The first-order chi connectivity index (χ1) is 11.5. The van der Waals surface area contributed by atoms with Crippen molar-refractivity contribution in [1.29, 1.82) is 0 Å². The SMILES string of the molecule is Cc1cc2c(cc1Cl)CCN(C)C[C@@H]2c1cc(Br)cc2c1OCC2. The largest absolute Gasteiger partial charge is 0.493 e. The summed E-state index contributed by atoms with van der Waals surface area (Å²) in [4.78, 5) is 2.41.